The Morgan fingerprint density at radius 3 is 2.48 bits per heavy atom. The molecule has 6 heteroatoms. The largest absolute Gasteiger partial charge is 0.457 e. The van der Waals surface area contributed by atoms with E-state index in [2.05, 4.69) is 5.32 Å². The summed E-state index contributed by atoms with van der Waals surface area (Å²) >= 11 is 0. The molecule has 0 aromatic carbocycles. The van der Waals surface area contributed by atoms with E-state index in [1.807, 2.05) is 13.8 Å². The lowest BCUT2D eigenvalue weighted by molar-refractivity contribution is -0.179. The van der Waals surface area contributed by atoms with Crippen molar-refractivity contribution in [2.45, 2.75) is 52.6 Å². The number of cyclic esters (lactones) is 1. The average molecular weight is 297 g/mol. The highest BCUT2D eigenvalue weighted by molar-refractivity contribution is 5.99. The fourth-order valence-corrected chi connectivity index (χ4v) is 2.53. The van der Waals surface area contributed by atoms with Gasteiger partial charge in [0, 0.05) is 13.5 Å². The van der Waals surface area contributed by atoms with Gasteiger partial charge in [-0.15, -0.1) is 0 Å². The van der Waals surface area contributed by atoms with E-state index in [1.165, 1.54) is 6.92 Å². The molecule has 1 aliphatic rings. The maximum absolute atomic E-state index is 12.2. The van der Waals surface area contributed by atoms with Gasteiger partial charge in [-0.3, -0.25) is 9.59 Å². The molecular formula is C15H23NO5. The molecule has 1 atom stereocenters. The van der Waals surface area contributed by atoms with Crippen molar-refractivity contribution in [3.8, 4) is 0 Å². The Hall–Kier alpha value is -1.85. The van der Waals surface area contributed by atoms with Crippen molar-refractivity contribution in [2.75, 3.05) is 13.2 Å². The predicted octanol–water partition coefficient (Wildman–Crippen LogP) is 1.49. The van der Waals surface area contributed by atoms with Gasteiger partial charge < -0.3 is 14.8 Å². The standard InChI is InChI=1S/C15H23NO5/c1-5-8-16-13(18)11-9-20-14(19)15(7-3,12(11)6-2)21-10(4)17/h5-9H2,1-4H3,(H,16,18). The van der Waals surface area contributed by atoms with Crippen LogP contribution in [0.5, 0.6) is 0 Å². The van der Waals surface area contributed by atoms with Crippen LogP contribution < -0.4 is 5.32 Å². The van der Waals surface area contributed by atoms with Crippen LogP contribution >= 0.6 is 0 Å². The second-order valence-electron chi connectivity index (χ2n) is 4.92. The molecule has 6 nitrogen and oxygen atoms in total. The Bertz CT molecular complexity index is 469. The molecular weight excluding hydrogens is 274 g/mol. The summed E-state index contributed by atoms with van der Waals surface area (Å²) in [5, 5.41) is 2.77. The van der Waals surface area contributed by atoms with Crippen LogP contribution in [-0.2, 0) is 23.9 Å². The van der Waals surface area contributed by atoms with Gasteiger partial charge in [0.2, 0.25) is 5.60 Å². The molecule has 0 aromatic rings. The third kappa shape index (κ3) is 3.43. The molecule has 1 heterocycles. The summed E-state index contributed by atoms with van der Waals surface area (Å²) in [4.78, 5) is 35.8. The molecule has 1 rings (SSSR count). The first-order valence-corrected chi connectivity index (χ1v) is 7.30. The fraction of sp³-hybridized carbons (Fsp3) is 0.667. The van der Waals surface area contributed by atoms with Gasteiger partial charge in [-0.1, -0.05) is 20.8 Å². The zero-order valence-electron chi connectivity index (χ0n) is 13.1. The number of amides is 1. The van der Waals surface area contributed by atoms with Crippen LogP contribution in [-0.4, -0.2) is 36.6 Å². The van der Waals surface area contributed by atoms with E-state index in [0.29, 0.717) is 24.1 Å². The lowest BCUT2D eigenvalue weighted by Crippen LogP contribution is -2.50. The van der Waals surface area contributed by atoms with Crippen molar-refractivity contribution < 1.29 is 23.9 Å². The Morgan fingerprint density at radius 1 is 1.33 bits per heavy atom. The van der Waals surface area contributed by atoms with Gasteiger partial charge in [-0.05, 0) is 24.8 Å². The van der Waals surface area contributed by atoms with Gasteiger partial charge in [-0.2, -0.15) is 0 Å². The highest BCUT2D eigenvalue weighted by Crippen LogP contribution is 2.36. The topological polar surface area (TPSA) is 81.7 Å². The van der Waals surface area contributed by atoms with Crippen LogP contribution in [0.25, 0.3) is 0 Å². The summed E-state index contributed by atoms with van der Waals surface area (Å²) < 4.78 is 10.4. The van der Waals surface area contributed by atoms with Crippen molar-refractivity contribution in [2.24, 2.45) is 0 Å². The average Bonchev–Trinajstić information content (AvgIpc) is 2.45. The minimum Gasteiger partial charge on any atom is -0.457 e. The number of rotatable bonds is 6. The second-order valence-corrected chi connectivity index (χ2v) is 4.92. The van der Waals surface area contributed by atoms with E-state index in [4.69, 9.17) is 9.47 Å². The predicted molar refractivity (Wildman–Crippen MR) is 76.4 cm³/mol. The third-order valence-electron chi connectivity index (χ3n) is 3.51. The van der Waals surface area contributed by atoms with Gasteiger partial charge in [0.05, 0.1) is 5.57 Å². The molecule has 0 aromatic heterocycles. The quantitative estimate of drug-likeness (QED) is 0.751. The van der Waals surface area contributed by atoms with E-state index in [0.717, 1.165) is 6.42 Å². The molecule has 118 valence electrons. The minimum absolute atomic E-state index is 0.0828. The highest BCUT2D eigenvalue weighted by Gasteiger charge is 2.49. The monoisotopic (exact) mass is 297 g/mol. The van der Waals surface area contributed by atoms with Gasteiger partial charge in [0.1, 0.15) is 6.61 Å². The molecule has 1 unspecified atom stereocenters. The van der Waals surface area contributed by atoms with Gasteiger partial charge in [-0.25, -0.2) is 4.79 Å². The van der Waals surface area contributed by atoms with Crippen molar-refractivity contribution in [1.29, 1.82) is 0 Å². The molecule has 1 N–H and O–H groups in total. The number of carbonyl (C=O) groups excluding carboxylic acids is 3. The third-order valence-corrected chi connectivity index (χ3v) is 3.51. The number of carbonyl (C=O) groups is 3. The zero-order valence-corrected chi connectivity index (χ0v) is 13.1. The van der Waals surface area contributed by atoms with E-state index < -0.39 is 17.5 Å². The van der Waals surface area contributed by atoms with Crippen molar-refractivity contribution in [3.05, 3.63) is 11.1 Å². The normalized spacial score (nSPS) is 21.8. The maximum atomic E-state index is 12.2. The Labute approximate surface area is 124 Å². The minimum atomic E-state index is -1.47. The van der Waals surface area contributed by atoms with Gasteiger partial charge in [0.25, 0.3) is 5.91 Å². The van der Waals surface area contributed by atoms with Crippen LogP contribution in [0.2, 0.25) is 0 Å². The van der Waals surface area contributed by atoms with Crippen LogP contribution in [0.15, 0.2) is 11.1 Å². The molecule has 0 aliphatic carbocycles. The van der Waals surface area contributed by atoms with Gasteiger partial charge in [0.15, 0.2) is 0 Å². The number of esters is 2. The van der Waals surface area contributed by atoms with E-state index in [1.54, 1.807) is 6.92 Å². The Morgan fingerprint density at radius 2 is 2.00 bits per heavy atom. The summed E-state index contributed by atoms with van der Waals surface area (Å²) in [7, 11) is 0. The molecule has 0 saturated carbocycles. The lowest BCUT2D eigenvalue weighted by Gasteiger charge is -2.36. The zero-order chi connectivity index (χ0) is 16.0. The SMILES string of the molecule is CCCNC(=O)C1=C(CC)C(CC)(OC(C)=O)C(=O)OC1. The molecule has 0 radical (unpaired) electrons. The van der Waals surface area contributed by atoms with Crippen LogP contribution in [0.4, 0.5) is 0 Å². The number of hydrogen-bond acceptors (Lipinski definition) is 5. The van der Waals surface area contributed by atoms with Crippen LogP contribution in [0.3, 0.4) is 0 Å². The smallest absolute Gasteiger partial charge is 0.355 e. The summed E-state index contributed by atoms with van der Waals surface area (Å²) in [5.41, 5.74) is -0.559. The van der Waals surface area contributed by atoms with Crippen LogP contribution in [0, 0.1) is 0 Å². The molecule has 1 amide bonds. The van der Waals surface area contributed by atoms with E-state index in [-0.39, 0.29) is 18.9 Å². The molecule has 0 fully saturated rings. The van der Waals surface area contributed by atoms with E-state index in [9.17, 15) is 14.4 Å². The molecule has 1 aliphatic heterocycles. The van der Waals surface area contributed by atoms with Crippen molar-refractivity contribution >= 4 is 17.8 Å². The number of ether oxygens (including phenoxy) is 2. The van der Waals surface area contributed by atoms with Gasteiger partial charge >= 0.3 is 11.9 Å². The van der Waals surface area contributed by atoms with Crippen molar-refractivity contribution in [3.63, 3.8) is 0 Å². The first kappa shape index (κ1) is 17.2. The summed E-state index contributed by atoms with van der Waals surface area (Å²) in [6, 6.07) is 0. The summed E-state index contributed by atoms with van der Waals surface area (Å²) in [5.74, 6) is -1.45. The van der Waals surface area contributed by atoms with Crippen LogP contribution in [0.1, 0.15) is 47.0 Å². The Kier molecular flexibility index (Phi) is 5.93. The maximum Gasteiger partial charge on any atom is 0.355 e. The highest BCUT2D eigenvalue weighted by atomic mass is 16.6. The lowest BCUT2D eigenvalue weighted by atomic mass is 9.83. The van der Waals surface area contributed by atoms with E-state index >= 15 is 0 Å². The fourth-order valence-electron chi connectivity index (χ4n) is 2.53. The first-order chi connectivity index (χ1) is 9.92. The molecule has 0 bridgehead atoms. The van der Waals surface area contributed by atoms with Crippen molar-refractivity contribution in [1.82, 2.24) is 5.32 Å². The molecule has 0 saturated heterocycles. The Balaban J connectivity index is 3.28. The second kappa shape index (κ2) is 7.24. The number of hydrogen-bond donors (Lipinski definition) is 1. The molecule has 21 heavy (non-hydrogen) atoms. The number of nitrogens with one attached hydrogen (secondary N) is 1. The summed E-state index contributed by atoms with van der Waals surface area (Å²) in [6.07, 6.45) is 1.48. The summed E-state index contributed by atoms with van der Waals surface area (Å²) in [6.45, 7) is 7.21. The first-order valence-electron chi connectivity index (χ1n) is 7.30. The molecule has 0 spiro atoms.